The second-order valence-electron chi connectivity index (χ2n) is 4.49. The summed E-state index contributed by atoms with van der Waals surface area (Å²) in [6, 6.07) is 5.40. The molecule has 1 aromatic rings. The van der Waals surface area contributed by atoms with Crippen molar-refractivity contribution in [2.24, 2.45) is 5.92 Å². The third-order valence-electron chi connectivity index (χ3n) is 2.55. The monoisotopic (exact) mass is 263 g/mol. The number of phenols is 1. The summed E-state index contributed by atoms with van der Waals surface area (Å²) in [5.74, 6) is -1.56. The molecule has 1 rings (SSSR count). The number of carboxylic acid groups (broad SMARTS) is 1. The number of amides is 1. The molecule has 5 nitrogen and oxygen atoms in total. The molecular formula is C14H17NO4. The van der Waals surface area contributed by atoms with E-state index in [0.717, 1.165) is 5.56 Å². The predicted molar refractivity (Wildman–Crippen MR) is 71.5 cm³/mol. The summed E-state index contributed by atoms with van der Waals surface area (Å²) in [6.45, 7) is 3.45. The SMILES string of the molecule is CC(C)[C@@H](NC(=O)/C=C/c1ccc(O)cc1)C(=O)O. The molecule has 0 aliphatic rings. The maximum Gasteiger partial charge on any atom is 0.326 e. The first-order chi connectivity index (χ1) is 8.90. The van der Waals surface area contributed by atoms with Crippen LogP contribution >= 0.6 is 0 Å². The number of rotatable bonds is 5. The highest BCUT2D eigenvalue weighted by Gasteiger charge is 2.22. The number of carboxylic acids is 1. The van der Waals surface area contributed by atoms with E-state index in [2.05, 4.69) is 5.32 Å². The zero-order valence-corrected chi connectivity index (χ0v) is 10.8. The van der Waals surface area contributed by atoms with E-state index in [1.54, 1.807) is 32.1 Å². The normalized spacial score (nSPS) is 12.6. The molecule has 0 unspecified atom stereocenters. The molecule has 102 valence electrons. The Balaban J connectivity index is 2.64. The van der Waals surface area contributed by atoms with E-state index >= 15 is 0 Å². The van der Waals surface area contributed by atoms with Crippen LogP contribution in [0.1, 0.15) is 19.4 Å². The fraction of sp³-hybridized carbons (Fsp3) is 0.286. The highest BCUT2D eigenvalue weighted by molar-refractivity contribution is 5.94. The highest BCUT2D eigenvalue weighted by Crippen LogP contribution is 2.10. The van der Waals surface area contributed by atoms with Gasteiger partial charge in [0.05, 0.1) is 0 Å². The molecule has 3 N–H and O–H groups in total. The van der Waals surface area contributed by atoms with Gasteiger partial charge in [-0.1, -0.05) is 26.0 Å². The number of hydrogen-bond acceptors (Lipinski definition) is 3. The minimum Gasteiger partial charge on any atom is -0.508 e. The molecule has 0 fully saturated rings. The molecule has 0 aliphatic heterocycles. The standard InChI is InChI=1S/C14H17NO4/c1-9(2)13(14(18)19)15-12(17)8-5-10-3-6-11(16)7-4-10/h3-9,13,16H,1-2H3,(H,15,17)(H,18,19)/b8-5+/t13-/m1/s1. The molecule has 0 aliphatic carbocycles. The molecule has 19 heavy (non-hydrogen) atoms. The van der Waals surface area contributed by atoms with Crippen molar-refractivity contribution in [2.45, 2.75) is 19.9 Å². The number of carbonyl (C=O) groups excluding carboxylic acids is 1. The molecule has 0 saturated carbocycles. The van der Waals surface area contributed by atoms with Gasteiger partial charge in [0.1, 0.15) is 11.8 Å². The molecule has 5 heteroatoms. The quantitative estimate of drug-likeness (QED) is 0.705. The van der Waals surface area contributed by atoms with Crippen LogP contribution in [0.2, 0.25) is 0 Å². The molecule has 0 bridgehead atoms. The van der Waals surface area contributed by atoms with Gasteiger partial charge in [-0.05, 0) is 29.7 Å². The first-order valence-electron chi connectivity index (χ1n) is 5.90. The summed E-state index contributed by atoms with van der Waals surface area (Å²) in [7, 11) is 0. The van der Waals surface area contributed by atoms with Gasteiger partial charge in [0.2, 0.25) is 5.91 Å². The van der Waals surface area contributed by atoms with E-state index in [-0.39, 0.29) is 11.7 Å². The van der Waals surface area contributed by atoms with Crippen molar-refractivity contribution in [1.29, 1.82) is 0 Å². The van der Waals surface area contributed by atoms with E-state index in [1.165, 1.54) is 18.2 Å². The summed E-state index contributed by atoms with van der Waals surface area (Å²) in [6.07, 6.45) is 2.82. The summed E-state index contributed by atoms with van der Waals surface area (Å²) < 4.78 is 0. The Kier molecular flexibility index (Phi) is 5.11. The van der Waals surface area contributed by atoms with Crippen molar-refractivity contribution in [3.8, 4) is 5.75 Å². The van der Waals surface area contributed by atoms with Crippen molar-refractivity contribution in [2.75, 3.05) is 0 Å². The Morgan fingerprint density at radius 3 is 2.26 bits per heavy atom. The largest absolute Gasteiger partial charge is 0.508 e. The van der Waals surface area contributed by atoms with Crippen LogP contribution in [0.3, 0.4) is 0 Å². The van der Waals surface area contributed by atoms with E-state index < -0.39 is 17.9 Å². The number of aliphatic carboxylic acids is 1. The average Bonchev–Trinajstić information content (AvgIpc) is 2.34. The lowest BCUT2D eigenvalue weighted by Crippen LogP contribution is -2.43. The van der Waals surface area contributed by atoms with Crippen LogP contribution in [0.25, 0.3) is 6.08 Å². The average molecular weight is 263 g/mol. The van der Waals surface area contributed by atoms with Gasteiger partial charge in [0.15, 0.2) is 0 Å². The summed E-state index contributed by atoms with van der Waals surface area (Å²) in [4.78, 5) is 22.5. The zero-order valence-electron chi connectivity index (χ0n) is 10.8. The maximum absolute atomic E-state index is 11.6. The molecule has 1 aromatic carbocycles. The van der Waals surface area contributed by atoms with Crippen LogP contribution in [-0.4, -0.2) is 28.1 Å². The number of carbonyl (C=O) groups is 2. The Morgan fingerprint density at radius 2 is 1.79 bits per heavy atom. The van der Waals surface area contributed by atoms with Crippen molar-refractivity contribution in [3.63, 3.8) is 0 Å². The minimum atomic E-state index is -1.05. The third kappa shape index (κ3) is 4.83. The first-order valence-corrected chi connectivity index (χ1v) is 5.90. The van der Waals surface area contributed by atoms with Crippen LogP contribution in [0.4, 0.5) is 0 Å². The van der Waals surface area contributed by atoms with Gasteiger partial charge in [-0.15, -0.1) is 0 Å². The topological polar surface area (TPSA) is 86.6 Å². The lowest BCUT2D eigenvalue weighted by Gasteiger charge is -2.16. The number of aromatic hydroxyl groups is 1. The number of hydrogen-bond donors (Lipinski definition) is 3. The smallest absolute Gasteiger partial charge is 0.326 e. The molecular weight excluding hydrogens is 246 g/mol. The second-order valence-corrected chi connectivity index (χ2v) is 4.49. The van der Waals surface area contributed by atoms with Crippen LogP contribution < -0.4 is 5.32 Å². The van der Waals surface area contributed by atoms with Gasteiger partial charge in [0, 0.05) is 6.08 Å². The second kappa shape index (κ2) is 6.58. The molecule has 0 radical (unpaired) electrons. The third-order valence-corrected chi connectivity index (χ3v) is 2.55. The first kappa shape index (κ1) is 14.8. The Hall–Kier alpha value is -2.30. The van der Waals surface area contributed by atoms with Crippen molar-refractivity contribution < 1.29 is 19.8 Å². The van der Waals surface area contributed by atoms with Gasteiger partial charge in [0.25, 0.3) is 0 Å². The molecule has 1 atom stereocenters. The van der Waals surface area contributed by atoms with Crippen molar-refractivity contribution >= 4 is 18.0 Å². The molecule has 1 amide bonds. The Bertz CT molecular complexity index is 477. The van der Waals surface area contributed by atoms with E-state index in [0.29, 0.717) is 0 Å². The molecule has 0 heterocycles. The molecule has 0 spiro atoms. The fourth-order valence-corrected chi connectivity index (χ4v) is 1.47. The van der Waals surface area contributed by atoms with Gasteiger partial charge in [-0.3, -0.25) is 4.79 Å². The molecule has 0 saturated heterocycles. The van der Waals surface area contributed by atoms with Gasteiger partial charge >= 0.3 is 5.97 Å². The van der Waals surface area contributed by atoms with Crippen LogP contribution in [0.15, 0.2) is 30.3 Å². The minimum absolute atomic E-state index is 0.146. The number of benzene rings is 1. The lowest BCUT2D eigenvalue weighted by molar-refractivity contribution is -0.142. The van der Waals surface area contributed by atoms with Gasteiger partial charge in [-0.2, -0.15) is 0 Å². The summed E-state index contributed by atoms with van der Waals surface area (Å²) >= 11 is 0. The Labute approximate surface area is 111 Å². The fourth-order valence-electron chi connectivity index (χ4n) is 1.47. The zero-order chi connectivity index (χ0) is 14.4. The van der Waals surface area contributed by atoms with Gasteiger partial charge < -0.3 is 15.5 Å². The molecule has 0 aromatic heterocycles. The summed E-state index contributed by atoms with van der Waals surface area (Å²) in [5.41, 5.74) is 0.740. The number of nitrogens with one attached hydrogen (secondary N) is 1. The highest BCUT2D eigenvalue weighted by atomic mass is 16.4. The van der Waals surface area contributed by atoms with E-state index in [9.17, 15) is 9.59 Å². The Morgan fingerprint density at radius 1 is 1.21 bits per heavy atom. The number of phenolic OH excluding ortho intramolecular Hbond substituents is 1. The summed E-state index contributed by atoms with van der Waals surface area (Å²) in [5, 5.41) is 20.5. The maximum atomic E-state index is 11.6. The lowest BCUT2D eigenvalue weighted by atomic mass is 10.0. The van der Waals surface area contributed by atoms with Crippen LogP contribution in [-0.2, 0) is 9.59 Å². The predicted octanol–water partition coefficient (Wildman–Crippen LogP) is 1.63. The van der Waals surface area contributed by atoms with Crippen LogP contribution in [0, 0.1) is 5.92 Å². The van der Waals surface area contributed by atoms with Crippen molar-refractivity contribution in [3.05, 3.63) is 35.9 Å². The van der Waals surface area contributed by atoms with E-state index in [1.807, 2.05) is 0 Å². The van der Waals surface area contributed by atoms with E-state index in [4.69, 9.17) is 10.2 Å². The van der Waals surface area contributed by atoms with Crippen molar-refractivity contribution in [1.82, 2.24) is 5.32 Å². The van der Waals surface area contributed by atoms with Gasteiger partial charge in [-0.25, -0.2) is 4.79 Å². The van der Waals surface area contributed by atoms with Crippen LogP contribution in [0.5, 0.6) is 5.75 Å².